The highest BCUT2D eigenvalue weighted by molar-refractivity contribution is 6.30. The third kappa shape index (κ3) is 6.08. The molecule has 0 spiro atoms. The number of ether oxygens (including phenoxy) is 1. The molecule has 0 aromatic heterocycles. The Labute approximate surface area is 177 Å². The molecular weight excluding hydrogens is 384 g/mol. The monoisotopic (exact) mass is 409 g/mol. The van der Waals surface area contributed by atoms with Gasteiger partial charge in [0.05, 0.1) is 14.2 Å². The number of carbonyl (C=O) groups is 1. The van der Waals surface area contributed by atoms with Crippen LogP contribution in [0.25, 0.3) is 0 Å². The summed E-state index contributed by atoms with van der Waals surface area (Å²) in [5.74, 6) is 0.756. The van der Waals surface area contributed by atoms with E-state index in [1.54, 1.807) is 13.2 Å². The van der Waals surface area contributed by atoms with Gasteiger partial charge in [-0.15, -0.1) is 0 Å². The van der Waals surface area contributed by atoms with Crippen LogP contribution in [0, 0.1) is 0 Å². The van der Waals surface area contributed by atoms with E-state index in [1.165, 1.54) is 5.56 Å². The lowest BCUT2D eigenvalue weighted by atomic mass is 10.0. The predicted octanol–water partition coefficient (Wildman–Crippen LogP) is 3.59. The lowest BCUT2D eigenvalue weighted by Gasteiger charge is -2.17. The maximum Gasteiger partial charge on any atom is 0.279 e. The largest absolute Gasteiger partial charge is 0.496 e. The topological polar surface area (TPSA) is 42.8 Å². The predicted molar refractivity (Wildman–Crippen MR) is 118 cm³/mol. The summed E-state index contributed by atoms with van der Waals surface area (Å²) in [5, 5.41) is 3.73. The molecule has 29 heavy (non-hydrogen) atoms. The zero-order chi connectivity index (χ0) is 20.6. The molecule has 0 aliphatic carbocycles. The molecule has 1 amide bonds. The summed E-state index contributed by atoms with van der Waals surface area (Å²) in [6.45, 7) is 0.984. The third-order valence-corrected chi connectivity index (χ3v) is 4.96. The van der Waals surface area contributed by atoms with Crippen LogP contribution in [0.3, 0.4) is 0 Å². The van der Waals surface area contributed by atoms with Gasteiger partial charge in [0.1, 0.15) is 12.3 Å². The molecule has 0 aliphatic heterocycles. The maximum absolute atomic E-state index is 12.6. The molecule has 0 aliphatic rings. The number of likely N-dealkylation sites (N-methyl/N-ethyl adjacent to an activating group) is 1. The number of rotatable bonds is 8. The van der Waals surface area contributed by atoms with E-state index in [0.717, 1.165) is 33.9 Å². The first kappa shape index (κ1) is 20.9. The van der Waals surface area contributed by atoms with Crippen molar-refractivity contribution in [3.63, 3.8) is 0 Å². The minimum absolute atomic E-state index is 0.0241. The van der Waals surface area contributed by atoms with Gasteiger partial charge in [0.15, 0.2) is 6.54 Å². The highest BCUT2D eigenvalue weighted by Crippen LogP contribution is 2.22. The fraction of sp³-hybridized carbons (Fsp3) is 0.208. The molecule has 0 bridgehead atoms. The zero-order valence-corrected chi connectivity index (χ0v) is 17.5. The maximum atomic E-state index is 12.6. The first-order valence-electron chi connectivity index (χ1n) is 9.60. The number of halogens is 1. The average molecular weight is 410 g/mol. The zero-order valence-electron chi connectivity index (χ0n) is 16.7. The van der Waals surface area contributed by atoms with Crippen molar-refractivity contribution < 1.29 is 14.4 Å². The summed E-state index contributed by atoms with van der Waals surface area (Å²) >= 11 is 6.11. The number of amides is 1. The molecule has 0 saturated heterocycles. The fourth-order valence-electron chi connectivity index (χ4n) is 3.35. The molecule has 150 valence electrons. The Balaban J connectivity index is 1.63. The number of carbonyl (C=O) groups excluding carboxylic acids is 1. The molecule has 5 heteroatoms. The van der Waals surface area contributed by atoms with E-state index in [4.69, 9.17) is 16.3 Å². The summed E-state index contributed by atoms with van der Waals surface area (Å²) in [7, 11) is 3.62. The highest BCUT2D eigenvalue weighted by Gasteiger charge is 2.15. The normalized spacial score (nSPS) is 11.7. The van der Waals surface area contributed by atoms with Gasteiger partial charge in [0, 0.05) is 16.3 Å². The Bertz CT molecular complexity index is 960. The van der Waals surface area contributed by atoms with E-state index in [0.29, 0.717) is 18.1 Å². The molecule has 0 heterocycles. The fourth-order valence-corrected chi connectivity index (χ4v) is 3.55. The molecule has 0 fully saturated rings. The van der Waals surface area contributed by atoms with Crippen molar-refractivity contribution in [3.8, 4) is 5.75 Å². The van der Waals surface area contributed by atoms with Crippen LogP contribution in [0.4, 0.5) is 5.69 Å². The summed E-state index contributed by atoms with van der Waals surface area (Å²) in [4.78, 5) is 13.7. The number of hydrogen-bond donors (Lipinski definition) is 2. The van der Waals surface area contributed by atoms with E-state index >= 15 is 0 Å². The van der Waals surface area contributed by atoms with Crippen molar-refractivity contribution >= 4 is 23.2 Å². The number of nitrogens with one attached hydrogen (secondary N) is 2. The molecule has 0 saturated carbocycles. The first-order chi connectivity index (χ1) is 14.0. The Hall–Kier alpha value is -2.82. The van der Waals surface area contributed by atoms with Gasteiger partial charge >= 0.3 is 0 Å². The summed E-state index contributed by atoms with van der Waals surface area (Å²) in [6.07, 6.45) is 0.777. The lowest BCUT2D eigenvalue weighted by Crippen LogP contribution is -3.08. The SMILES string of the molecule is COc1ccc(Cl)cc1C[NH+](C)CC(=O)Nc1ccccc1Cc1ccccc1. The summed E-state index contributed by atoms with van der Waals surface area (Å²) in [5.41, 5.74) is 4.15. The number of hydrogen-bond acceptors (Lipinski definition) is 2. The van der Waals surface area contributed by atoms with Crippen molar-refractivity contribution in [2.75, 3.05) is 26.0 Å². The molecular formula is C24H26ClN2O2+. The van der Waals surface area contributed by atoms with E-state index in [2.05, 4.69) is 23.5 Å². The van der Waals surface area contributed by atoms with E-state index < -0.39 is 0 Å². The average Bonchev–Trinajstić information content (AvgIpc) is 2.70. The van der Waals surface area contributed by atoms with Gasteiger partial charge in [-0.2, -0.15) is 0 Å². The first-order valence-corrected chi connectivity index (χ1v) is 9.98. The number of quaternary nitrogens is 1. The number of para-hydroxylation sites is 1. The van der Waals surface area contributed by atoms with Crippen LogP contribution in [0.2, 0.25) is 5.02 Å². The van der Waals surface area contributed by atoms with Crippen molar-refractivity contribution in [1.29, 1.82) is 0 Å². The molecule has 3 aromatic rings. The Morgan fingerprint density at radius 1 is 1.00 bits per heavy atom. The van der Waals surface area contributed by atoms with Gasteiger partial charge in [-0.25, -0.2) is 0 Å². The minimum atomic E-state index is -0.0241. The van der Waals surface area contributed by atoms with Gasteiger partial charge in [0.2, 0.25) is 0 Å². The smallest absolute Gasteiger partial charge is 0.279 e. The van der Waals surface area contributed by atoms with Gasteiger partial charge < -0.3 is 15.0 Å². The van der Waals surface area contributed by atoms with Crippen molar-refractivity contribution in [3.05, 3.63) is 94.5 Å². The second-order valence-electron chi connectivity index (χ2n) is 7.13. The second kappa shape index (κ2) is 10.1. The summed E-state index contributed by atoms with van der Waals surface area (Å²) in [6, 6.07) is 23.7. The molecule has 0 radical (unpaired) electrons. The Morgan fingerprint density at radius 3 is 2.48 bits per heavy atom. The van der Waals surface area contributed by atoms with Crippen LogP contribution < -0.4 is 15.0 Å². The molecule has 3 aromatic carbocycles. The van der Waals surface area contributed by atoms with E-state index in [9.17, 15) is 4.79 Å². The van der Waals surface area contributed by atoms with Crippen molar-refractivity contribution in [2.45, 2.75) is 13.0 Å². The van der Waals surface area contributed by atoms with Gasteiger partial charge in [-0.05, 0) is 41.8 Å². The van der Waals surface area contributed by atoms with Crippen LogP contribution >= 0.6 is 11.6 Å². The van der Waals surface area contributed by atoms with E-state index in [1.807, 2.05) is 55.6 Å². The van der Waals surface area contributed by atoms with Gasteiger partial charge in [-0.1, -0.05) is 60.1 Å². The lowest BCUT2D eigenvalue weighted by molar-refractivity contribution is -0.885. The van der Waals surface area contributed by atoms with Crippen LogP contribution in [0.15, 0.2) is 72.8 Å². The van der Waals surface area contributed by atoms with Crippen molar-refractivity contribution in [2.24, 2.45) is 0 Å². The molecule has 1 unspecified atom stereocenters. The highest BCUT2D eigenvalue weighted by atomic mass is 35.5. The molecule has 4 nitrogen and oxygen atoms in total. The quantitative estimate of drug-likeness (QED) is 0.597. The number of anilines is 1. The van der Waals surface area contributed by atoms with E-state index in [-0.39, 0.29) is 5.91 Å². The number of benzene rings is 3. The second-order valence-corrected chi connectivity index (χ2v) is 7.57. The minimum Gasteiger partial charge on any atom is -0.496 e. The van der Waals surface area contributed by atoms with Crippen LogP contribution in [0.5, 0.6) is 5.75 Å². The summed E-state index contributed by atoms with van der Waals surface area (Å²) < 4.78 is 5.40. The molecule has 1 atom stereocenters. The van der Waals surface area contributed by atoms with Crippen LogP contribution in [0.1, 0.15) is 16.7 Å². The third-order valence-electron chi connectivity index (χ3n) is 4.73. The standard InChI is InChI=1S/C24H25ClN2O2/c1-27(16-20-15-21(25)12-13-23(20)29-2)17-24(28)26-22-11-7-6-10-19(22)14-18-8-4-3-5-9-18/h3-13,15H,14,16-17H2,1-2H3,(H,26,28)/p+1. The molecule has 3 rings (SSSR count). The van der Waals surface area contributed by atoms with Crippen LogP contribution in [-0.2, 0) is 17.8 Å². The molecule has 2 N–H and O–H groups in total. The van der Waals surface area contributed by atoms with Gasteiger partial charge in [0.25, 0.3) is 5.91 Å². The van der Waals surface area contributed by atoms with Crippen molar-refractivity contribution in [1.82, 2.24) is 0 Å². The van der Waals surface area contributed by atoms with Gasteiger partial charge in [-0.3, -0.25) is 4.79 Å². The van der Waals surface area contributed by atoms with Crippen LogP contribution in [-0.4, -0.2) is 26.6 Å². The number of methoxy groups -OCH3 is 1. The Morgan fingerprint density at radius 2 is 1.72 bits per heavy atom. The Kier molecular flexibility index (Phi) is 7.28.